The van der Waals surface area contributed by atoms with Gasteiger partial charge in [0.2, 0.25) is 0 Å². The van der Waals surface area contributed by atoms with Crippen molar-refractivity contribution in [2.45, 2.75) is 7.43 Å². The summed E-state index contributed by atoms with van der Waals surface area (Å²) in [5, 5.41) is 7.46. The number of hydrogen-bond donors (Lipinski definition) is 0. The molecule has 0 fully saturated rings. The zero-order chi connectivity index (χ0) is 57.6. The van der Waals surface area contributed by atoms with Gasteiger partial charge in [0, 0.05) is 77.2 Å². The Morgan fingerprint density at radius 3 is 0.818 bits per heavy atom. The molecule has 88 heavy (non-hydrogen) atoms. The van der Waals surface area contributed by atoms with E-state index in [1.807, 2.05) is 36.4 Å². The van der Waals surface area contributed by atoms with E-state index >= 15 is 0 Å². The number of hydrogen-bond acceptors (Lipinski definition) is 3. The van der Waals surface area contributed by atoms with Gasteiger partial charge >= 0.3 is 0 Å². The molecule has 0 atom stereocenters. The molecule has 0 N–H and O–H groups in total. The lowest BCUT2D eigenvalue weighted by atomic mass is 10.00. The second-order valence-corrected chi connectivity index (χ2v) is 21.9. The molecular formula is C82H58N6. The molecule has 6 nitrogen and oxygen atoms in total. The largest absolute Gasteiger partial charge is 0.309 e. The molecule has 0 unspecified atom stereocenters. The standard InChI is InChI=1S/C46H30N4.C35H24N2.CH4/c1-3-15-31(16-4-1)40-30-41(48-46(47-40)32-17-5-2-6-18-32)33-27-34(49-42-23-11-7-19-36(42)37-20-8-12-24-43(37)49)29-35(28-33)50-44-25-13-9-21-38(44)39-22-10-14-26-45(39)50;1-3-11-26(12-4-1)32-23-28(24-33(36-32)27-13-5-2-6-14-27)25-19-21-29(22-20-25)37-34-17-9-7-15-30(34)31-16-8-10-18-35(31)37;/h1-30H;1-24H;1H4. The molecule has 0 radical (unpaired) electrons. The van der Waals surface area contributed by atoms with Gasteiger partial charge in [0.15, 0.2) is 5.82 Å². The number of nitrogens with zero attached hydrogens (tertiary/aromatic N) is 6. The van der Waals surface area contributed by atoms with Gasteiger partial charge in [-0.05, 0) is 96.1 Å². The molecule has 5 aromatic heterocycles. The molecule has 0 aliphatic rings. The third kappa shape index (κ3) is 9.56. The predicted molar refractivity (Wildman–Crippen MR) is 369 cm³/mol. The Hall–Kier alpha value is -11.7. The maximum absolute atomic E-state index is 5.26. The second-order valence-electron chi connectivity index (χ2n) is 21.9. The first-order chi connectivity index (χ1) is 43.1. The summed E-state index contributed by atoms with van der Waals surface area (Å²) in [6, 6.07) is 116. The average Bonchev–Trinajstić information content (AvgIpc) is 1.77. The Kier molecular flexibility index (Phi) is 13.7. The highest BCUT2D eigenvalue weighted by molar-refractivity contribution is 6.11. The van der Waals surface area contributed by atoms with E-state index in [1.54, 1.807) is 0 Å². The van der Waals surface area contributed by atoms with E-state index in [0.29, 0.717) is 5.82 Å². The van der Waals surface area contributed by atoms with Crippen LogP contribution in [0, 0.1) is 0 Å². The van der Waals surface area contributed by atoms with Crippen LogP contribution in [0.4, 0.5) is 0 Å². The fourth-order valence-electron chi connectivity index (χ4n) is 12.7. The van der Waals surface area contributed by atoms with Crippen molar-refractivity contribution in [3.05, 3.63) is 328 Å². The van der Waals surface area contributed by atoms with Crippen molar-refractivity contribution < 1.29 is 0 Å². The molecule has 416 valence electrons. The molecular weight excluding hydrogens is 1070 g/mol. The van der Waals surface area contributed by atoms with Crippen LogP contribution in [0.2, 0.25) is 0 Å². The lowest BCUT2D eigenvalue weighted by Gasteiger charge is -2.16. The van der Waals surface area contributed by atoms with Gasteiger partial charge in [-0.1, -0.05) is 250 Å². The molecule has 17 aromatic rings. The molecule has 0 bridgehead atoms. The summed E-state index contributed by atoms with van der Waals surface area (Å²) in [4.78, 5) is 15.4. The van der Waals surface area contributed by atoms with Crippen LogP contribution in [-0.4, -0.2) is 28.7 Å². The summed E-state index contributed by atoms with van der Waals surface area (Å²) in [6.45, 7) is 0. The summed E-state index contributed by atoms with van der Waals surface area (Å²) in [6.07, 6.45) is 0. The van der Waals surface area contributed by atoms with E-state index < -0.39 is 0 Å². The quantitative estimate of drug-likeness (QED) is 0.145. The van der Waals surface area contributed by atoms with Crippen LogP contribution in [0.3, 0.4) is 0 Å². The number of benzene rings is 12. The summed E-state index contributed by atoms with van der Waals surface area (Å²) in [5.74, 6) is 0.697. The SMILES string of the molecule is C.c1ccc(-c2cc(-c3cc(-n4c5ccccc5c5ccccc54)cc(-n4c5ccccc5c5ccccc54)c3)nc(-c3ccccc3)n2)cc1.c1ccc(-c2cc(-c3ccc(-n4c5ccccc5c5ccccc54)cc3)cc(-c3ccccc3)n2)cc1. The van der Waals surface area contributed by atoms with Crippen LogP contribution in [0.1, 0.15) is 7.43 Å². The minimum atomic E-state index is 0. The Balaban J connectivity index is 0.000000153. The van der Waals surface area contributed by atoms with Gasteiger partial charge in [-0.15, -0.1) is 0 Å². The zero-order valence-corrected chi connectivity index (χ0v) is 47.4. The first kappa shape index (κ1) is 53.0. The Labute approximate surface area is 510 Å². The number of para-hydroxylation sites is 6. The van der Waals surface area contributed by atoms with Crippen LogP contribution >= 0.6 is 0 Å². The third-order valence-electron chi connectivity index (χ3n) is 16.7. The first-order valence-electron chi connectivity index (χ1n) is 29.5. The lowest BCUT2D eigenvalue weighted by molar-refractivity contribution is 1.13. The minimum absolute atomic E-state index is 0. The third-order valence-corrected chi connectivity index (χ3v) is 16.7. The maximum Gasteiger partial charge on any atom is 0.160 e. The van der Waals surface area contributed by atoms with E-state index in [0.717, 1.165) is 95.3 Å². The summed E-state index contributed by atoms with van der Waals surface area (Å²) in [5.41, 5.74) is 21.7. The average molecular weight is 1130 g/mol. The van der Waals surface area contributed by atoms with Gasteiger partial charge in [0.05, 0.1) is 55.9 Å². The summed E-state index contributed by atoms with van der Waals surface area (Å²) in [7, 11) is 0. The number of aromatic nitrogens is 6. The van der Waals surface area contributed by atoms with Gasteiger partial charge in [-0.3, -0.25) is 0 Å². The van der Waals surface area contributed by atoms with Gasteiger partial charge in [-0.25, -0.2) is 15.0 Å². The van der Waals surface area contributed by atoms with E-state index in [2.05, 4.69) is 305 Å². The topological polar surface area (TPSA) is 53.5 Å². The maximum atomic E-state index is 5.26. The van der Waals surface area contributed by atoms with E-state index in [-0.39, 0.29) is 7.43 Å². The van der Waals surface area contributed by atoms with Crippen LogP contribution < -0.4 is 0 Å². The zero-order valence-electron chi connectivity index (χ0n) is 47.4. The minimum Gasteiger partial charge on any atom is -0.309 e. The van der Waals surface area contributed by atoms with Crippen molar-refractivity contribution >= 4 is 65.4 Å². The fraction of sp³-hybridized carbons (Fsp3) is 0.0122. The highest BCUT2D eigenvalue weighted by atomic mass is 15.0. The monoisotopic (exact) mass is 1130 g/mol. The molecule has 6 heteroatoms. The highest BCUT2D eigenvalue weighted by Gasteiger charge is 2.20. The second kappa shape index (κ2) is 22.7. The van der Waals surface area contributed by atoms with Crippen LogP contribution in [0.5, 0.6) is 0 Å². The van der Waals surface area contributed by atoms with E-state index in [4.69, 9.17) is 15.0 Å². The number of pyridine rings is 1. The molecule has 0 saturated carbocycles. The molecule has 0 amide bonds. The smallest absolute Gasteiger partial charge is 0.160 e. The number of fused-ring (bicyclic) bond motifs is 9. The van der Waals surface area contributed by atoms with Crippen molar-refractivity contribution in [1.29, 1.82) is 0 Å². The Morgan fingerprint density at radius 1 is 0.182 bits per heavy atom. The normalized spacial score (nSPS) is 11.3. The fourth-order valence-corrected chi connectivity index (χ4v) is 12.7. The molecule has 5 heterocycles. The van der Waals surface area contributed by atoms with Gasteiger partial charge in [0.1, 0.15) is 0 Å². The number of rotatable bonds is 9. The summed E-state index contributed by atoms with van der Waals surface area (Å²) < 4.78 is 7.14. The van der Waals surface area contributed by atoms with Crippen molar-refractivity contribution in [2.75, 3.05) is 0 Å². The molecule has 0 aliphatic heterocycles. The van der Waals surface area contributed by atoms with Crippen molar-refractivity contribution in [3.63, 3.8) is 0 Å². The lowest BCUT2D eigenvalue weighted by Crippen LogP contribution is -2.01. The van der Waals surface area contributed by atoms with Crippen LogP contribution in [0.15, 0.2) is 328 Å². The van der Waals surface area contributed by atoms with Gasteiger partial charge < -0.3 is 13.7 Å². The molecule has 0 spiro atoms. The van der Waals surface area contributed by atoms with E-state index in [9.17, 15) is 0 Å². The van der Waals surface area contributed by atoms with Crippen molar-refractivity contribution in [3.8, 4) is 84.6 Å². The predicted octanol–water partition coefficient (Wildman–Crippen LogP) is 21.5. The van der Waals surface area contributed by atoms with E-state index in [1.165, 1.54) is 48.9 Å². The molecule has 0 saturated heterocycles. The molecule has 12 aromatic carbocycles. The Bertz CT molecular complexity index is 4970. The van der Waals surface area contributed by atoms with Gasteiger partial charge in [-0.2, -0.15) is 0 Å². The van der Waals surface area contributed by atoms with Crippen LogP contribution in [-0.2, 0) is 0 Å². The first-order valence-corrected chi connectivity index (χ1v) is 29.5. The molecule has 17 rings (SSSR count). The van der Waals surface area contributed by atoms with Crippen LogP contribution in [0.25, 0.3) is 150 Å². The Morgan fingerprint density at radius 2 is 0.466 bits per heavy atom. The molecule has 0 aliphatic carbocycles. The van der Waals surface area contributed by atoms with Crippen molar-refractivity contribution in [2.24, 2.45) is 0 Å². The summed E-state index contributed by atoms with van der Waals surface area (Å²) >= 11 is 0. The van der Waals surface area contributed by atoms with Gasteiger partial charge in [0.25, 0.3) is 0 Å². The van der Waals surface area contributed by atoms with Crippen molar-refractivity contribution in [1.82, 2.24) is 28.7 Å². The highest BCUT2D eigenvalue weighted by Crippen LogP contribution is 2.40.